The summed E-state index contributed by atoms with van der Waals surface area (Å²) in [6.45, 7) is 5.12. The zero-order valence-electron chi connectivity index (χ0n) is 21.7. The molecule has 0 unspecified atom stereocenters. The van der Waals surface area contributed by atoms with Gasteiger partial charge < -0.3 is 15.5 Å². The molecule has 5 nitrogen and oxygen atoms in total. The Kier molecular flexibility index (Phi) is 15.4. The van der Waals surface area contributed by atoms with Crippen LogP contribution in [0.2, 0.25) is 0 Å². The number of amides is 2. The first-order chi connectivity index (χ1) is 16.7. The third-order valence-corrected chi connectivity index (χ3v) is 6.78. The van der Waals surface area contributed by atoms with E-state index in [2.05, 4.69) is 17.6 Å². The van der Waals surface area contributed by atoms with Gasteiger partial charge in [-0.15, -0.1) is 0 Å². The second kappa shape index (κ2) is 18.4. The molecule has 0 radical (unpaired) electrons. The molecule has 0 atom stereocenters. The van der Waals surface area contributed by atoms with Crippen LogP contribution in [0.25, 0.3) is 0 Å². The number of nitrogens with zero attached hydrogens (tertiary/aromatic N) is 1. The molecule has 192 valence electrons. The van der Waals surface area contributed by atoms with Crippen LogP contribution in [0.4, 0.5) is 5.69 Å². The summed E-state index contributed by atoms with van der Waals surface area (Å²) < 4.78 is 0. The molecule has 0 spiro atoms. The molecule has 1 fully saturated rings. The van der Waals surface area contributed by atoms with Gasteiger partial charge in [-0.25, -0.2) is 0 Å². The summed E-state index contributed by atoms with van der Waals surface area (Å²) in [6, 6.07) is 7.28. The van der Waals surface area contributed by atoms with Gasteiger partial charge in [0, 0.05) is 24.3 Å². The summed E-state index contributed by atoms with van der Waals surface area (Å²) in [6.07, 6.45) is 21.1. The summed E-state index contributed by atoms with van der Waals surface area (Å²) in [7, 11) is 0. The highest BCUT2D eigenvalue weighted by Crippen LogP contribution is 2.16. The second-order valence-electron chi connectivity index (χ2n) is 9.90. The zero-order valence-corrected chi connectivity index (χ0v) is 21.7. The molecule has 1 saturated heterocycles. The fourth-order valence-electron chi connectivity index (χ4n) is 4.68. The maximum absolute atomic E-state index is 12.5. The van der Waals surface area contributed by atoms with Gasteiger partial charge in [0.05, 0.1) is 6.54 Å². The first kappa shape index (κ1) is 28.4. The van der Waals surface area contributed by atoms with Crippen LogP contribution in [0.1, 0.15) is 120 Å². The van der Waals surface area contributed by atoms with Gasteiger partial charge in [0.2, 0.25) is 5.91 Å². The first-order valence-electron chi connectivity index (χ1n) is 14.1. The van der Waals surface area contributed by atoms with Crippen molar-refractivity contribution in [1.29, 1.82) is 0 Å². The lowest BCUT2D eigenvalue weighted by atomic mass is 10.0. The van der Waals surface area contributed by atoms with Crippen molar-refractivity contribution in [2.75, 3.05) is 31.5 Å². The Labute approximate surface area is 208 Å². The maximum atomic E-state index is 12.5. The van der Waals surface area contributed by atoms with Gasteiger partial charge in [-0.2, -0.15) is 0 Å². The number of rotatable bonds is 19. The Morgan fingerprint density at radius 2 is 1.35 bits per heavy atom. The van der Waals surface area contributed by atoms with E-state index in [1.807, 2.05) is 23.1 Å². The lowest BCUT2D eigenvalue weighted by Crippen LogP contribution is -2.29. The quantitative estimate of drug-likeness (QED) is 0.215. The van der Waals surface area contributed by atoms with Crippen molar-refractivity contribution in [3.05, 3.63) is 29.8 Å². The molecule has 1 heterocycles. The lowest BCUT2D eigenvalue weighted by Gasteiger charge is -2.15. The van der Waals surface area contributed by atoms with E-state index in [9.17, 15) is 9.59 Å². The Bertz CT molecular complexity index is 686. The first-order valence-corrected chi connectivity index (χ1v) is 14.1. The highest BCUT2D eigenvalue weighted by atomic mass is 16.2. The standard InChI is InChI=1S/C29H49N3O2/c1-2-3-4-5-6-7-8-9-10-11-12-13-14-15-21-30-25-28(33)31-27-20-18-19-26(24-27)29(34)32-22-16-17-23-32/h18-20,24,30H,2-17,21-23,25H2,1H3,(H,31,33). The van der Waals surface area contributed by atoms with E-state index < -0.39 is 0 Å². The number of carbonyl (C=O) groups is 2. The van der Waals surface area contributed by atoms with Gasteiger partial charge in [0.1, 0.15) is 0 Å². The smallest absolute Gasteiger partial charge is 0.253 e. The van der Waals surface area contributed by atoms with Crippen molar-refractivity contribution in [1.82, 2.24) is 10.2 Å². The molecule has 1 aromatic rings. The fraction of sp³-hybridized carbons (Fsp3) is 0.724. The van der Waals surface area contributed by atoms with Crippen molar-refractivity contribution in [3.63, 3.8) is 0 Å². The molecule has 0 aromatic heterocycles. The van der Waals surface area contributed by atoms with Crippen LogP contribution in [0.5, 0.6) is 0 Å². The number of hydrogen-bond acceptors (Lipinski definition) is 3. The van der Waals surface area contributed by atoms with Gasteiger partial charge in [0.15, 0.2) is 0 Å². The number of likely N-dealkylation sites (tertiary alicyclic amines) is 1. The SMILES string of the molecule is CCCCCCCCCCCCCCCCNCC(=O)Nc1cccc(C(=O)N2CCCC2)c1. The molecule has 0 aliphatic carbocycles. The Hall–Kier alpha value is -1.88. The maximum Gasteiger partial charge on any atom is 0.253 e. The average molecular weight is 472 g/mol. The minimum atomic E-state index is -0.0591. The van der Waals surface area contributed by atoms with E-state index in [-0.39, 0.29) is 11.8 Å². The normalized spacial score (nSPS) is 13.4. The summed E-state index contributed by atoms with van der Waals surface area (Å²) in [5.74, 6) is 0.000615. The van der Waals surface area contributed by atoms with E-state index in [0.29, 0.717) is 17.8 Å². The van der Waals surface area contributed by atoms with Crippen LogP contribution in [0, 0.1) is 0 Å². The molecule has 2 N–H and O–H groups in total. The summed E-state index contributed by atoms with van der Waals surface area (Å²) in [4.78, 5) is 26.6. The molecular formula is C29H49N3O2. The number of nitrogens with one attached hydrogen (secondary N) is 2. The molecular weight excluding hydrogens is 422 g/mol. The van der Waals surface area contributed by atoms with Crippen molar-refractivity contribution in [3.8, 4) is 0 Å². The van der Waals surface area contributed by atoms with Crippen molar-refractivity contribution < 1.29 is 9.59 Å². The van der Waals surface area contributed by atoms with Gasteiger partial charge in [0.25, 0.3) is 5.91 Å². The number of unbranched alkanes of at least 4 members (excludes halogenated alkanes) is 13. The predicted molar refractivity (Wildman–Crippen MR) is 143 cm³/mol. The molecule has 34 heavy (non-hydrogen) atoms. The number of anilines is 1. The third kappa shape index (κ3) is 12.5. The predicted octanol–water partition coefficient (Wildman–Crippen LogP) is 6.93. The van der Waals surface area contributed by atoms with Gasteiger partial charge >= 0.3 is 0 Å². The molecule has 0 bridgehead atoms. The number of carbonyl (C=O) groups excluding carboxylic acids is 2. The monoisotopic (exact) mass is 471 g/mol. The van der Waals surface area contributed by atoms with Crippen LogP contribution >= 0.6 is 0 Å². The Morgan fingerprint density at radius 1 is 0.794 bits per heavy atom. The molecule has 2 rings (SSSR count). The van der Waals surface area contributed by atoms with Crippen molar-refractivity contribution in [2.24, 2.45) is 0 Å². The second-order valence-corrected chi connectivity index (χ2v) is 9.90. The molecule has 0 saturated carbocycles. The minimum Gasteiger partial charge on any atom is -0.339 e. The summed E-state index contributed by atoms with van der Waals surface area (Å²) >= 11 is 0. The molecule has 2 amide bonds. The minimum absolute atomic E-state index is 0.0591. The van der Waals surface area contributed by atoms with E-state index in [1.165, 1.54) is 83.5 Å². The lowest BCUT2D eigenvalue weighted by molar-refractivity contribution is -0.115. The van der Waals surface area contributed by atoms with Crippen LogP contribution < -0.4 is 10.6 Å². The number of hydrogen-bond donors (Lipinski definition) is 2. The van der Waals surface area contributed by atoms with Crippen molar-refractivity contribution >= 4 is 17.5 Å². The molecule has 1 aliphatic heterocycles. The van der Waals surface area contributed by atoms with E-state index in [1.54, 1.807) is 6.07 Å². The van der Waals surface area contributed by atoms with Crippen LogP contribution in [0.3, 0.4) is 0 Å². The van der Waals surface area contributed by atoms with E-state index in [0.717, 1.165) is 38.9 Å². The van der Waals surface area contributed by atoms with E-state index in [4.69, 9.17) is 0 Å². The number of benzene rings is 1. The van der Waals surface area contributed by atoms with E-state index >= 15 is 0 Å². The highest BCUT2D eigenvalue weighted by Gasteiger charge is 2.19. The highest BCUT2D eigenvalue weighted by molar-refractivity contribution is 5.97. The van der Waals surface area contributed by atoms with Crippen molar-refractivity contribution in [2.45, 2.75) is 110 Å². The molecule has 1 aromatic carbocycles. The molecule has 1 aliphatic rings. The van der Waals surface area contributed by atoms with Gasteiger partial charge in [-0.05, 0) is 44.0 Å². The fourth-order valence-corrected chi connectivity index (χ4v) is 4.68. The topological polar surface area (TPSA) is 61.4 Å². The van der Waals surface area contributed by atoms with Gasteiger partial charge in [-0.3, -0.25) is 9.59 Å². The molecule has 5 heteroatoms. The largest absolute Gasteiger partial charge is 0.339 e. The van der Waals surface area contributed by atoms with Gasteiger partial charge in [-0.1, -0.05) is 96.5 Å². The average Bonchev–Trinajstić information content (AvgIpc) is 3.38. The van der Waals surface area contributed by atoms with Crippen LogP contribution in [-0.4, -0.2) is 42.9 Å². The third-order valence-electron chi connectivity index (χ3n) is 6.78. The van der Waals surface area contributed by atoms with Crippen LogP contribution in [0.15, 0.2) is 24.3 Å². The summed E-state index contributed by atoms with van der Waals surface area (Å²) in [5, 5.41) is 6.15. The Balaban J connectivity index is 1.41. The summed E-state index contributed by atoms with van der Waals surface area (Å²) in [5.41, 5.74) is 1.34. The van der Waals surface area contributed by atoms with Crippen LogP contribution in [-0.2, 0) is 4.79 Å². The Morgan fingerprint density at radius 3 is 1.94 bits per heavy atom. The zero-order chi connectivity index (χ0) is 24.3.